The van der Waals surface area contributed by atoms with E-state index in [1.54, 1.807) is 6.08 Å². The molecular weight excluding hydrogens is 231 g/mol. The number of rotatable bonds is 3. The first-order valence-electron chi connectivity index (χ1n) is 6.50. The van der Waals surface area contributed by atoms with Gasteiger partial charge in [-0.2, -0.15) is 0 Å². The van der Waals surface area contributed by atoms with Crippen molar-refractivity contribution in [3.05, 3.63) is 35.2 Å². The highest BCUT2D eigenvalue weighted by molar-refractivity contribution is 5.55. The molecule has 3 heteroatoms. The van der Waals surface area contributed by atoms with E-state index in [1.165, 1.54) is 31.4 Å². The van der Waals surface area contributed by atoms with Crippen LogP contribution in [-0.4, -0.2) is 16.8 Å². The van der Waals surface area contributed by atoms with Gasteiger partial charge in [0.1, 0.15) is 11.6 Å². The van der Waals surface area contributed by atoms with E-state index in [0.717, 1.165) is 24.5 Å². The molecule has 98 valence electrons. The number of phenolic OH excluding ortho intramolecular Hbond substituents is 1. The van der Waals surface area contributed by atoms with Crippen LogP contribution in [0.2, 0.25) is 0 Å². The molecule has 1 aromatic carbocycles. The highest BCUT2D eigenvalue weighted by Gasteiger charge is 2.17. The van der Waals surface area contributed by atoms with Crippen molar-refractivity contribution in [1.82, 2.24) is 0 Å². The summed E-state index contributed by atoms with van der Waals surface area (Å²) in [5.74, 6) is -0.140. The van der Waals surface area contributed by atoms with Crippen LogP contribution in [0.3, 0.4) is 0 Å². The fourth-order valence-electron chi connectivity index (χ4n) is 2.66. The van der Waals surface area contributed by atoms with Crippen LogP contribution in [0.5, 0.6) is 5.75 Å². The molecule has 1 saturated carbocycles. The standard InChI is InChI=1S/C15H19FO2/c16-14-7-11(8-15(18)9-14)6-13(10-17)12-4-2-1-3-5-12/h6-9,12,17-18H,1-5,10H2/b13-6-. The van der Waals surface area contributed by atoms with E-state index in [0.29, 0.717) is 11.5 Å². The van der Waals surface area contributed by atoms with Crippen LogP contribution >= 0.6 is 0 Å². The Morgan fingerprint density at radius 3 is 2.56 bits per heavy atom. The van der Waals surface area contributed by atoms with Crippen LogP contribution in [0.4, 0.5) is 4.39 Å². The highest BCUT2D eigenvalue weighted by atomic mass is 19.1. The van der Waals surface area contributed by atoms with Crippen LogP contribution in [0.15, 0.2) is 23.8 Å². The van der Waals surface area contributed by atoms with E-state index < -0.39 is 5.82 Å². The van der Waals surface area contributed by atoms with Gasteiger partial charge in [-0.3, -0.25) is 0 Å². The Kier molecular flexibility index (Phi) is 4.37. The van der Waals surface area contributed by atoms with Gasteiger partial charge in [-0.15, -0.1) is 0 Å². The SMILES string of the molecule is OC/C(=C/c1cc(O)cc(F)c1)C1CCCCC1. The summed E-state index contributed by atoms with van der Waals surface area (Å²) < 4.78 is 13.2. The molecule has 0 bridgehead atoms. The minimum Gasteiger partial charge on any atom is -0.508 e. The number of aliphatic hydroxyl groups excluding tert-OH is 1. The fraction of sp³-hybridized carbons (Fsp3) is 0.467. The van der Waals surface area contributed by atoms with E-state index in [1.807, 2.05) is 0 Å². The lowest BCUT2D eigenvalue weighted by Crippen LogP contribution is -2.11. The molecule has 0 saturated heterocycles. The minimum atomic E-state index is -0.456. The Hall–Kier alpha value is -1.35. The maximum atomic E-state index is 13.2. The maximum absolute atomic E-state index is 13.2. The van der Waals surface area contributed by atoms with E-state index in [4.69, 9.17) is 0 Å². The molecule has 0 aromatic heterocycles. The molecule has 18 heavy (non-hydrogen) atoms. The molecule has 0 amide bonds. The number of phenols is 1. The molecule has 0 aliphatic heterocycles. The van der Waals surface area contributed by atoms with Crippen molar-refractivity contribution in [2.45, 2.75) is 32.1 Å². The normalized spacial score (nSPS) is 18.0. The van der Waals surface area contributed by atoms with Crippen LogP contribution < -0.4 is 0 Å². The highest BCUT2D eigenvalue weighted by Crippen LogP contribution is 2.31. The van der Waals surface area contributed by atoms with Crippen molar-refractivity contribution in [3.8, 4) is 5.75 Å². The summed E-state index contributed by atoms with van der Waals surface area (Å²) in [5.41, 5.74) is 1.56. The lowest BCUT2D eigenvalue weighted by molar-refractivity contribution is 0.295. The van der Waals surface area contributed by atoms with Crippen LogP contribution in [0.25, 0.3) is 6.08 Å². The predicted molar refractivity (Wildman–Crippen MR) is 69.7 cm³/mol. The Balaban J connectivity index is 2.22. The Bertz CT molecular complexity index is 414. The molecule has 0 atom stereocenters. The van der Waals surface area contributed by atoms with E-state index in [9.17, 15) is 14.6 Å². The molecule has 0 heterocycles. The zero-order chi connectivity index (χ0) is 13.0. The molecule has 0 unspecified atom stereocenters. The molecule has 2 nitrogen and oxygen atoms in total. The first-order valence-corrected chi connectivity index (χ1v) is 6.50. The topological polar surface area (TPSA) is 40.5 Å². The van der Waals surface area contributed by atoms with Gasteiger partial charge in [-0.1, -0.05) is 25.3 Å². The monoisotopic (exact) mass is 250 g/mol. The Morgan fingerprint density at radius 2 is 1.94 bits per heavy atom. The average molecular weight is 250 g/mol. The van der Waals surface area contributed by atoms with Gasteiger partial charge in [0, 0.05) is 6.07 Å². The number of halogens is 1. The molecule has 1 aliphatic carbocycles. The summed E-state index contributed by atoms with van der Waals surface area (Å²) in [6.07, 6.45) is 7.63. The zero-order valence-corrected chi connectivity index (χ0v) is 10.4. The van der Waals surface area contributed by atoms with Crippen molar-refractivity contribution >= 4 is 6.08 Å². The van der Waals surface area contributed by atoms with Gasteiger partial charge in [0.15, 0.2) is 0 Å². The van der Waals surface area contributed by atoms with Crippen LogP contribution in [0, 0.1) is 11.7 Å². The van der Waals surface area contributed by atoms with E-state index in [2.05, 4.69) is 0 Å². The number of aliphatic hydroxyl groups is 1. The Morgan fingerprint density at radius 1 is 1.22 bits per heavy atom. The molecular formula is C15H19FO2. The smallest absolute Gasteiger partial charge is 0.127 e. The largest absolute Gasteiger partial charge is 0.508 e. The number of hydrogen-bond donors (Lipinski definition) is 2. The first-order chi connectivity index (χ1) is 8.69. The van der Waals surface area contributed by atoms with Crippen molar-refractivity contribution in [3.63, 3.8) is 0 Å². The van der Waals surface area contributed by atoms with Crippen molar-refractivity contribution < 1.29 is 14.6 Å². The van der Waals surface area contributed by atoms with Gasteiger partial charge < -0.3 is 10.2 Å². The summed E-state index contributed by atoms with van der Waals surface area (Å²) in [5, 5.41) is 18.8. The van der Waals surface area contributed by atoms with Gasteiger partial charge in [-0.25, -0.2) is 4.39 Å². The van der Waals surface area contributed by atoms with E-state index >= 15 is 0 Å². The predicted octanol–water partition coefficient (Wildman–Crippen LogP) is 3.49. The average Bonchev–Trinajstić information content (AvgIpc) is 2.36. The molecule has 1 fully saturated rings. The minimum absolute atomic E-state index is 0.00193. The third-order valence-corrected chi connectivity index (χ3v) is 3.57. The summed E-state index contributed by atoms with van der Waals surface area (Å²) in [6.45, 7) is 0.00193. The second-order valence-electron chi connectivity index (χ2n) is 4.96. The van der Waals surface area contributed by atoms with Gasteiger partial charge in [0.25, 0.3) is 0 Å². The quantitative estimate of drug-likeness (QED) is 0.862. The van der Waals surface area contributed by atoms with Crippen molar-refractivity contribution in [1.29, 1.82) is 0 Å². The molecule has 0 radical (unpaired) electrons. The third kappa shape index (κ3) is 3.33. The summed E-state index contributed by atoms with van der Waals surface area (Å²) in [7, 11) is 0. The Labute approximate surface area is 107 Å². The van der Waals surface area contributed by atoms with Crippen molar-refractivity contribution in [2.75, 3.05) is 6.61 Å². The second kappa shape index (κ2) is 6.01. The number of hydrogen-bond acceptors (Lipinski definition) is 2. The molecule has 0 spiro atoms. The summed E-state index contributed by atoms with van der Waals surface area (Å²) in [6, 6.07) is 3.97. The molecule has 1 aliphatic rings. The number of aromatic hydroxyl groups is 1. The second-order valence-corrected chi connectivity index (χ2v) is 4.96. The molecule has 1 aromatic rings. The lowest BCUT2D eigenvalue weighted by Gasteiger charge is -2.23. The molecule has 2 rings (SSSR count). The molecule has 2 N–H and O–H groups in total. The van der Waals surface area contributed by atoms with Gasteiger partial charge in [0.05, 0.1) is 6.61 Å². The fourth-order valence-corrected chi connectivity index (χ4v) is 2.66. The summed E-state index contributed by atoms with van der Waals surface area (Å²) in [4.78, 5) is 0. The van der Waals surface area contributed by atoms with Gasteiger partial charge in [-0.05, 0) is 42.0 Å². The van der Waals surface area contributed by atoms with E-state index in [-0.39, 0.29) is 12.4 Å². The zero-order valence-electron chi connectivity index (χ0n) is 10.4. The summed E-state index contributed by atoms with van der Waals surface area (Å²) >= 11 is 0. The van der Waals surface area contributed by atoms with Crippen molar-refractivity contribution in [2.24, 2.45) is 5.92 Å². The van der Waals surface area contributed by atoms with Gasteiger partial charge in [0.2, 0.25) is 0 Å². The van der Waals surface area contributed by atoms with Gasteiger partial charge >= 0.3 is 0 Å². The van der Waals surface area contributed by atoms with Crippen LogP contribution in [0.1, 0.15) is 37.7 Å². The lowest BCUT2D eigenvalue weighted by atomic mass is 9.83. The maximum Gasteiger partial charge on any atom is 0.127 e. The number of benzene rings is 1. The first kappa shape index (κ1) is 13.1. The third-order valence-electron chi connectivity index (χ3n) is 3.57. The van der Waals surface area contributed by atoms with Crippen LogP contribution in [-0.2, 0) is 0 Å².